The van der Waals surface area contributed by atoms with E-state index >= 15 is 0 Å². The van der Waals surface area contributed by atoms with Crippen LogP contribution in [0.3, 0.4) is 0 Å². The highest BCUT2D eigenvalue weighted by atomic mass is 16.5. The highest BCUT2D eigenvalue weighted by molar-refractivity contribution is 6.08. The Morgan fingerprint density at radius 1 is 0.821 bits per heavy atom. The van der Waals surface area contributed by atoms with Crippen LogP contribution in [0.5, 0.6) is 11.5 Å². The van der Waals surface area contributed by atoms with Crippen molar-refractivity contribution in [3.63, 3.8) is 0 Å². The van der Waals surface area contributed by atoms with E-state index in [1.165, 1.54) is 0 Å². The number of β-lactam (4-membered cyclic amide) rings is 1. The maximum absolute atomic E-state index is 13.2. The minimum absolute atomic E-state index is 0.357. The van der Waals surface area contributed by atoms with Gasteiger partial charge in [-0.3, -0.25) is 9.69 Å². The van der Waals surface area contributed by atoms with Crippen LogP contribution in [0, 0.1) is 0 Å². The van der Waals surface area contributed by atoms with Crippen molar-refractivity contribution in [1.82, 2.24) is 0 Å². The molecule has 1 saturated heterocycles. The summed E-state index contributed by atoms with van der Waals surface area (Å²) < 4.78 is 10.4. The van der Waals surface area contributed by atoms with E-state index < -0.39 is 11.6 Å². The molecule has 0 bridgehead atoms. The summed E-state index contributed by atoms with van der Waals surface area (Å²) in [6.45, 7) is 0. The lowest BCUT2D eigenvalue weighted by Gasteiger charge is -2.53. The fourth-order valence-electron chi connectivity index (χ4n) is 3.70. The quantitative estimate of drug-likeness (QED) is 0.691. The first-order chi connectivity index (χ1) is 13.6. The highest BCUT2D eigenvalue weighted by Crippen LogP contribution is 2.52. The molecule has 0 aliphatic carbocycles. The molecular weight excluding hydrogens is 354 g/mol. The molecule has 3 aromatic rings. The third-order valence-electron chi connectivity index (χ3n) is 5.19. The summed E-state index contributed by atoms with van der Waals surface area (Å²) in [6.07, 6.45) is 0. The Kier molecular flexibility index (Phi) is 4.53. The molecular formula is C23H21NO4. The third kappa shape index (κ3) is 2.72. The molecule has 2 atom stereocenters. The molecule has 0 spiro atoms. The van der Waals surface area contributed by atoms with Crippen LogP contribution in [0.25, 0.3) is 0 Å². The minimum Gasteiger partial charge on any atom is -0.497 e. The van der Waals surface area contributed by atoms with E-state index in [1.54, 1.807) is 43.4 Å². The zero-order valence-corrected chi connectivity index (χ0v) is 15.7. The molecule has 1 amide bonds. The van der Waals surface area contributed by atoms with Crippen molar-refractivity contribution in [2.45, 2.75) is 11.6 Å². The van der Waals surface area contributed by atoms with Gasteiger partial charge in [0, 0.05) is 5.69 Å². The average Bonchev–Trinajstić information content (AvgIpc) is 2.77. The zero-order chi connectivity index (χ0) is 19.7. The first-order valence-corrected chi connectivity index (χ1v) is 8.99. The molecule has 1 fully saturated rings. The number of ether oxygens (including phenoxy) is 2. The van der Waals surface area contributed by atoms with E-state index in [9.17, 15) is 9.90 Å². The Bertz CT molecular complexity index is 970. The molecule has 1 aliphatic rings. The molecule has 1 aliphatic heterocycles. The summed E-state index contributed by atoms with van der Waals surface area (Å²) in [6, 6.07) is 23.1. The van der Waals surface area contributed by atoms with E-state index in [0.29, 0.717) is 22.7 Å². The van der Waals surface area contributed by atoms with E-state index in [2.05, 4.69) is 0 Å². The number of hydrogen-bond acceptors (Lipinski definition) is 4. The molecule has 28 heavy (non-hydrogen) atoms. The lowest BCUT2D eigenvalue weighted by atomic mass is 9.73. The smallest absolute Gasteiger partial charge is 0.266 e. The molecule has 0 saturated carbocycles. The molecule has 5 nitrogen and oxygen atoms in total. The van der Waals surface area contributed by atoms with Crippen molar-refractivity contribution in [1.29, 1.82) is 0 Å². The minimum atomic E-state index is -1.63. The lowest BCUT2D eigenvalue weighted by molar-refractivity contribution is -0.155. The van der Waals surface area contributed by atoms with Gasteiger partial charge in [-0.1, -0.05) is 42.5 Å². The molecule has 1 N–H and O–H groups in total. The Morgan fingerprint density at radius 2 is 1.36 bits per heavy atom. The number of benzene rings is 3. The van der Waals surface area contributed by atoms with E-state index in [4.69, 9.17) is 9.47 Å². The summed E-state index contributed by atoms with van der Waals surface area (Å²) in [5, 5.41) is 11.5. The van der Waals surface area contributed by atoms with Crippen LogP contribution in [-0.4, -0.2) is 25.2 Å². The summed E-state index contributed by atoms with van der Waals surface area (Å²) in [4.78, 5) is 14.8. The largest absolute Gasteiger partial charge is 0.497 e. The van der Waals surface area contributed by atoms with Gasteiger partial charge in [-0.15, -0.1) is 0 Å². The maximum Gasteiger partial charge on any atom is 0.266 e. The second-order valence-corrected chi connectivity index (χ2v) is 6.68. The SMILES string of the molecule is COc1ccc([C@H]2N(c3ccc(OC)cc3)C(=O)[C@]2(O)c2ccccc2)cc1. The van der Waals surface area contributed by atoms with Gasteiger partial charge in [-0.2, -0.15) is 0 Å². The first-order valence-electron chi connectivity index (χ1n) is 8.99. The molecule has 142 valence electrons. The van der Waals surface area contributed by atoms with E-state index in [-0.39, 0.29) is 5.91 Å². The van der Waals surface area contributed by atoms with Gasteiger partial charge in [0.25, 0.3) is 5.91 Å². The molecule has 0 aromatic heterocycles. The number of methoxy groups -OCH3 is 2. The van der Waals surface area contributed by atoms with Crippen LogP contribution in [0.15, 0.2) is 78.9 Å². The maximum atomic E-state index is 13.2. The Balaban J connectivity index is 1.80. The van der Waals surface area contributed by atoms with Crippen LogP contribution < -0.4 is 14.4 Å². The van der Waals surface area contributed by atoms with Crippen molar-refractivity contribution < 1.29 is 19.4 Å². The summed E-state index contributed by atoms with van der Waals surface area (Å²) >= 11 is 0. The summed E-state index contributed by atoms with van der Waals surface area (Å²) in [5.74, 6) is 1.06. The highest BCUT2D eigenvalue weighted by Gasteiger charge is 2.62. The Morgan fingerprint density at radius 3 is 1.89 bits per heavy atom. The average molecular weight is 375 g/mol. The standard InChI is InChI=1S/C23H21NO4/c1-27-19-12-8-16(9-13-19)21-23(26,17-6-4-3-5-7-17)22(25)24(21)18-10-14-20(28-2)15-11-18/h3-15,21,26H,1-2H3/t21-,23+/m1/s1. The van der Waals surface area contributed by atoms with Gasteiger partial charge < -0.3 is 14.6 Å². The van der Waals surface area contributed by atoms with E-state index in [0.717, 1.165) is 5.56 Å². The van der Waals surface area contributed by atoms with Gasteiger partial charge in [0.05, 0.1) is 14.2 Å². The van der Waals surface area contributed by atoms with Gasteiger partial charge in [-0.25, -0.2) is 0 Å². The van der Waals surface area contributed by atoms with Gasteiger partial charge in [0.1, 0.15) is 17.5 Å². The van der Waals surface area contributed by atoms with Crippen LogP contribution in [0.4, 0.5) is 5.69 Å². The van der Waals surface area contributed by atoms with Crippen molar-refractivity contribution >= 4 is 11.6 Å². The number of carbonyl (C=O) groups excluding carboxylic acids is 1. The zero-order valence-electron chi connectivity index (χ0n) is 15.7. The fraction of sp³-hybridized carbons (Fsp3) is 0.174. The number of carbonyl (C=O) groups is 1. The number of hydrogen-bond donors (Lipinski definition) is 1. The number of aliphatic hydroxyl groups is 1. The van der Waals surface area contributed by atoms with Gasteiger partial charge >= 0.3 is 0 Å². The molecule has 0 radical (unpaired) electrons. The molecule has 5 heteroatoms. The van der Waals surface area contributed by atoms with Crippen LogP contribution >= 0.6 is 0 Å². The second kappa shape index (κ2) is 7.02. The van der Waals surface area contributed by atoms with Crippen LogP contribution in [0.1, 0.15) is 17.2 Å². The molecule has 3 aromatic carbocycles. The predicted octanol–water partition coefficient (Wildman–Crippen LogP) is 3.68. The van der Waals surface area contributed by atoms with Gasteiger partial charge in [0.15, 0.2) is 5.60 Å². The molecule has 4 rings (SSSR count). The van der Waals surface area contributed by atoms with Gasteiger partial charge in [-0.05, 0) is 47.5 Å². The Hall–Kier alpha value is -3.31. The summed E-state index contributed by atoms with van der Waals surface area (Å²) in [7, 11) is 3.20. The second-order valence-electron chi connectivity index (χ2n) is 6.68. The van der Waals surface area contributed by atoms with Crippen molar-refractivity contribution in [2.75, 3.05) is 19.1 Å². The molecule has 0 unspecified atom stereocenters. The number of rotatable bonds is 5. The van der Waals surface area contributed by atoms with Crippen molar-refractivity contribution in [2.24, 2.45) is 0 Å². The summed E-state index contributed by atoms with van der Waals surface area (Å²) in [5.41, 5.74) is 0.468. The predicted molar refractivity (Wildman–Crippen MR) is 107 cm³/mol. The van der Waals surface area contributed by atoms with Gasteiger partial charge in [0.2, 0.25) is 0 Å². The lowest BCUT2D eigenvalue weighted by Crippen LogP contribution is -2.66. The topological polar surface area (TPSA) is 59.0 Å². The van der Waals surface area contributed by atoms with Crippen LogP contribution in [0.2, 0.25) is 0 Å². The fourth-order valence-corrected chi connectivity index (χ4v) is 3.70. The number of amides is 1. The molecule has 1 heterocycles. The first kappa shape index (κ1) is 18.1. The number of anilines is 1. The van der Waals surface area contributed by atoms with Crippen molar-refractivity contribution in [3.05, 3.63) is 90.0 Å². The normalized spacial score (nSPS) is 21.2. The Labute approximate surface area is 163 Å². The monoisotopic (exact) mass is 375 g/mol. The van der Waals surface area contributed by atoms with E-state index in [1.807, 2.05) is 54.6 Å². The van der Waals surface area contributed by atoms with Crippen molar-refractivity contribution in [3.8, 4) is 11.5 Å². The number of nitrogens with zero attached hydrogens (tertiary/aromatic N) is 1. The van der Waals surface area contributed by atoms with Crippen LogP contribution in [-0.2, 0) is 10.4 Å². The third-order valence-corrected chi connectivity index (χ3v) is 5.19.